The average Bonchev–Trinajstić information content (AvgIpc) is 2.51. The number of hydrogen-bond acceptors (Lipinski definition) is 4. The van der Waals surface area contributed by atoms with E-state index >= 15 is 0 Å². The molecule has 0 aliphatic heterocycles. The maximum Gasteiger partial charge on any atom is 0.218 e. The number of carbonyl (C=O) groups is 1. The van der Waals surface area contributed by atoms with Crippen molar-refractivity contribution in [2.24, 2.45) is 5.73 Å². The van der Waals surface area contributed by atoms with Gasteiger partial charge < -0.3 is 11.1 Å². The molecule has 0 fully saturated rings. The van der Waals surface area contributed by atoms with E-state index in [0.717, 1.165) is 10.7 Å². The van der Waals surface area contributed by atoms with Crippen molar-refractivity contribution in [3.05, 3.63) is 16.1 Å². The predicted octanol–water partition coefficient (Wildman–Crippen LogP) is 0.978. The molecule has 4 nitrogen and oxygen atoms in total. The van der Waals surface area contributed by atoms with Crippen molar-refractivity contribution in [3.8, 4) is 0 Å². The van der Waals surface area contributed by atoms with Crippen LogP contribution in [0, 0.1) is 6.92 Å². The third-order valence-electron chi connectivity index (χ3n) is 1.83. The molecule has 1 atom stereocenters. The lowest BCUT2D eigenvalue weighted by Gasteiger charge is -2.09. The lowest BCUT2D eigenvalue weighted by Crippen LogP contribution is -2.24. The monoisotopic (exact) mass is 213 g/mol. The number of nitrogens with zero attached hydrogens (tertiary/aromatic N) is 1. The van der Waals surface area contributed by atoms with Gasteiger partial charge in [0.25, 0.3) is 0 Å². The van der Waals surface area contributed by atoms with Crippen molar-refractivity contribution in [3.63, 3.8) is 0 Å². The average molecular weight is 213 g/mol. The molecule has 1 heterocycles. The molecule has 0 aliphatic carbocycles. The molecule has 14 heavy (non-hydrogen) atoms. The van der Waals surface area contributed by atoms with Crippen LogP contribution in [0.5, 0.6) is 0 Å². The minimum absolute atomic E-state index is 0.188. The Balaban J connectivity index is 2.35. The summed E-state index contributed by atoms with van der Waals surface area (Å²) >= 11 is 1.63. The molecule has 0 radical (unpaired) electrons. The molecule has 1 amide bonds. The fourth-order valence-electron chi connectivity index (χ4n) is 1.07. The summed E-state index contributed by atoms with van der Waals surface area (Å²) in [4.78, 5) is 14.8. The fourth-order valence-corrected chi connectivity index (χ4v) is 1.90. The Labute approximate surface area is 87.5 Å². The van der Waals surface area contributed by atoms with Crippen LogP contribution in [0.4, 0.5) is 0 Å². The van der Waals surface area contributed by atoms with Gasteiger partial charge in [-0.3, -0.25) is 4.79 Å². The number of nitrogens with one attached hydrogen (secondary N) is 1. The highest BCUT2D eigenvalue weighted by Gasteiger charge is 2.08. The molecule has 1 unspecified atom stereocenters. The second-order valence-electron chi connectivity index (χ2n) is 3.22. The van der Waals surface area contributed by atoms with Gasteiger partial charge >= 0.3 is 0 Å². The van der Waals surface area contributed by atoms with Crippen molar-refractivity contribution in [1.82, 2.24) is 10.3 Å². The molecule has 0 saturated carbocycles. The third kappa shape index (κ3) is 3.43. The normalized spacial score (nSPS) is 12.7. The number of hydrogen-bond donors (Lipinski definition) is 2. The van der Waals surface area contributed by atoms with Crippen LogP contribution in [-0.2, 0) is 4.79 Å². The highest BCUT2D eigenvalue weighted by atomic mass is 32.1. The Hall–Kier alpha value is -0.940. The van der Waals surface area contributed by atoms with Crippen LogP contribution in [-0.4, -0.2) is 17.4 Å². The highest BCUT2D eigenvalue weighted by Crippen LogP contribution is 2.16. The van der Waals surface area contributed by atoms with Crippen molar-refractivity contribution < 1.29 is 4.79 Å². The Bertz CT molecular complexity index is 311. The number of aromatic nitrogens is 1. The van der Waals surface area contributed by atoms with Gasteiger partial charge in [-0.1, -0.05) is 0 Å². The first kappa shape index (κ1) is 11.1. The summed E-state index contributed by atoms with van der Waals surface area (Å²) < 4.78 is 0. The Morgan fingerprint density at radius 1 is 1.79 bits per heavy atom. The van der Waals surface area contributed by atoms with Gasteiger partial charge in [0.2, 0.25) is 5.91 Å². The molecule has 0 aliphatic rings. The minimum Gasteiger partial charge on any atom is -0.370 e. The zero-order chi connectivity index (χ0) is 10.6. The van der Waals surface area contributed by atoms with E-state index in [9.17, 15) is 4.79 Å². The van der Waals surface area contributed by atoms with Crippen molar-refractivity contribution in [1.29, 1.82) is 0 Å². The molecule has 1 aromatic rings. The van der Waals surface area contributed by atoms with Gasteiger partial charge in [0.1, 0.15) is 5.01 Å². The summed E-state index contributed by atoms with van der Waals surface area (Å²) in [5, 5.41) is 6.25. The van der Waals surface area contributed by atoms with Gasteiger partial charge in [-0.25, -0.2) is 4.98 Å². The van der Waals surface area contributed by atoms with Crippen LogP contribution in [0.3, 0.4) is 0 Å². The number of nitrogens with two attached hydrogens (primary N) is 1. The van der Waals surface area contributed by atoms with Crippen LogP contribution < -0.4 is 11.1 Å². The van der Waals surface area contributed by atoms with E-state index in [2.05, 4.69) is 10.3 Å². The van der Waals surface area contributed by atoms with E-state index in [-0.39, 0.29) is 11.9 Å². The maximum absolute atomic E-state index is 10.5. The number of carbonyl (C=O) groups excluding carboxylic acids is 1. The zero-order valence-corrected chi connectivity index (χ0v) is 9.23. The number of rotatable bonds is 5. The molecule has 0 bridgehead atoms. The smallest absolute Gasteiger partial charge is 0.218 e. The summed E-state index contributed by atoms with van der Waals surface area (Å²) in [5.74, 6) is -0.278. The zero-order valence-electron chi connectivity index (χ0n) is 8.41. The first-order valence-corrected chi connectivity index (χ1v) is 5.41. The van der Waals surface area contributed by atoms with Crippen molar-refractivity contribution in [2.45, 2.75) is 26.3 Å². The number of thiazole rings is 1. The quantitative estimate of drug-likeness (QED) is 0.766. The van der Waals surface area contributed by atoms with Gasteiger partial charge in [-0.2, -0.15) is 0 Å². The fraction of sp³-hybridized carbons (Fsp3) is 0.556. The van der Waals surface area contributed by atoms with Gasteiger partial charge in [0.15, 0.2) is 0 Å². The molecule has 0 saturated heterocycles. The number of primary amides is 1. The summed E-state index contributed by atoms with van der Waals surface area (Å²) in [6.07, 6.45) is 0.370. The second-order valence-corrected chi connectivity index (χ2v) is 4.11. The topological polar surface area (TPSA) is 68.0 Å². The highest BCUT2D eigenvalue weighted by molar-refractivity contribution is 7.09. The molecular weight excluding hydrogens is 198 g/mol. The Kier molecular flexibility index (Phi) is 4.03. The SMILES string of the molecule is Cc1csc(C(C)NCCC(N)=O)n1. The van der Waals surface area contributed by atoms with Crippen LogP contribution in [0.1, 0.15) is 30.1 Å². The molecule has 78 valence electrons. The standard InChI is InChI=1S/C9H15N3OS/c1-6-5-14-9(12-6)7(2)11-4-3-8(10)13/h5,7,11H,3-4H2,1-2H3,(H2,10,13). The van der Waals surface area contributed by atoms with Crippen molar-refractivity contribution in [2.75, 3.05) is 6.54 Å². The Morgan fingerprint density at radius 3 is 3.00 bits per heavy atom. The first-order chi connectivity index (χ1) is 6.59. The molecule has 1 rings (SSSR count). The number of amides is 1. The van der Waals surface area contributed by atoms with Gasteiger partial charge in [-0.05, 0) is 13.8 Å². The summed E-state index contributed by atoms with van der Waals surface area (Å²) in [7, 11) is 0. The largest absolute Gasteiger partial charge is 0.370 e. The lowest BCUT2D eigenvalue weighted by atomic mass is 10.3. The van der Waals surface area contributed by atoms with E-state index in [1.54, 1.807) is 11.3 Å². The summed E-state index contributed by atoms with van der Waals surface area (Å²) in [6.45, 7) is 4.60. The molecule has 1 aromatic heterocycles. The summed E-state index contributed by atoms with van der Waals surface area (Å²) in [5.41, 5.74) is 6.07. The Morgan fingerprint density at radius 2 is 2.50 bits per heavy atom. The molecule has 0 aromatic carbocycles. The van der Waals surface area contributed by atoms with Gasteiger partial charge in [0, 0.05) is 24.0 Å². The third-order valence-corrected chi connectivity index (χ3v) is 2.97. The molecule has 0 spiro atoms. The first-order valence-electron chi connectivity index (χ1n) is 4.53. The van der Waals surface area contributed by atoms with Crippen LogP contribution in [0.25, 0.3) is 0 Å². The van der Waals surface area contributed by atoms with E-state index in [1.165, 1.54) is 0 Å². The van der Waals surface area contributed by atoms with E-state index in [1.807, 2.05) is 19.2 Å². The van der Waals surface area contributed by atoms with E-state index in [4.69, 9.17) is 5.73 Å². The van der Waals surface area contributed by atoms with Crippen LogP contribution in [0.2, 0.25) is 0 Å². The molecule has 5 heteroatoms. The van der Waals surface area contributed by atoms with Gasteiger partial charge in [-0.15, -0.1) is 11.3 Å². The molecular formula is C9H15N3OS. The minimum atomic E-state index is -0.278. The van der Waals surface area contributed by atoms with Crippen molar-refractivity contribution >= 4 is 17.2 Å². The maximum atomic E-state index is 10.5. The van der Waals surface area contributed by atoms with Crippen LogP contribution in [0.15, 0.2) is 5.38 Å². The molecule has 3 N–H and O–H groups in total. The predicted molar refractivity (Wildman–Crippen MR) is 57.1 cm³/mol. The number of aryl methyl sites for hydroxylation is 1. The van der Waals surface area contributed by atoms with Gasteiger partial charge in [0.05, 0.1) is 6.04 Å². The van der Waals surface area contributed by atoms with E-state index in [0.29, 0.717) is 13.0 Å². The lowest BCUT2D eigenvalue weighted by molar-refractivity contribution is -0.117. The van der Waals surface area contributed by atoms with E-state index < -0.39 is 0 Å². The summed E-state index contributed by atoms with van der Waals surface area (Å²) in [6, 6.07) is 0.188. The van der Waals surface area contributed by atoms with Crippen LogP contribution >= 0.6 is 11.3 Å². The second kappa shape index (κ2) is 5.07.